The summed E-state index contributed by atoms with van der Waals surface area (Å²) in [4.78, 5) is 30.3. The Balaban J connectivity index is 1.71. The predicted molar refractivity (Wildman–Crippen MR) is 110 cm³/mol. The lowest BCUT2D eigenvalue weighted by molar-refractivity contribution is -0.141. The number of hydrogen-bond donors (Lipinski definition) is 0. The molecule has 0 atom stereocenters. The van der Waals surface area contributed by atoms with Crippen molar-refractivity contribution >= 4 is 45.2 Å². The summed E-state index contributed by atoms with van der Waals surface area (Å²) in [6.07, 6.45) is 2.19. The Morgan fingerprint density at radius 1 is 1.21 bits per heavy atom. The predicted octanol–water partition coefficient (Wildman–Crippen LogP) is 3.00. The number of thioether (sulfide) groups is 1. The van der Waals surface area contributed by atoms with Gasteiger partial charge in [-0.25, -0.2) is 0 Å². The van der Waals surface area contributed by atoms with E-state index in [4.69, 9.17) is 14.2 Å². The number of ether oxygens (including phenoxy) is 3. The molecule has 1 aliphatic heterocycles. The minimum absolute atomic E-state index is 0.0509. The maximum atomic E-state index is 12.6. The van der Waals surface area contributed by atoms with E-state index in [9.17, 15) is 9.59 Å². The number of thiazole rings is 1. The molecule has 0 radical (unpaired) electrons. The van der Waals surface area contributed by atoms with Crippen molar-refractivity contribution in [2.75, 3.05) is 20.2 Å². The average molecular weight is 431 g/mol. The van der Waals surface area contributed by atoms with Crippen LogP contribution in [0.15, 0.2) is 46.3 Å². The molecule has 1 amide bonds. The standard InChI is InChI=1S/C20H18N2O5S2/c1-25-19(24)10-22-14-8-15-16(27-11-26-15)9-17(14)29-20(22)21-18(23)7-12-3-5-13(28-2)6-4-12/h3-6,8-9H,7,10-11H2,1-2H3. The van der Waals surface area contributed by atoms with Crippen molar-refractivity contribution in [3.63, 3.8) is 0 Å². The monoisotopic (exact) mass is 430 g/mol. The molecule has 3 aromatic rings. The van der Waals surface area contributed by atoms with E-state index in [2.05, 4.69) is 4.99 Å². The van der Waals surface area contributed by atoms with E-state index in [1.54, 1.807) is 22.4 Å². The first-order chi connectivity index (χ1) is 14.1. The molecule has 0 bridgehead atoms. The Bertz CT molecular complexity index is 1150. The van der Waals surface area contributed by atoms with Crippen LogP contribution in [0.4, 0.5) is 0 Å². The van der Waals surface area contributed by atoms with Crippen molar-refractivity contribution in [1.82, 2.24) is 4.57 Å². The lowest BCUT2D eigenvalue weighted by atomic mass is 10.1. The third kappa shape index (κ3) is 4.15. The molecule has 0 saturated heterocycles. The Hall–Kier alpha value is -2.78. The summed E-state index contributed by atoms with van der Waals surface area (Å²) in [5, 5.41) is 0. The van der Waals surface area contributed by atoms with E-state index >= 15 is 0 Å². The van der Waals surface area contributed by atoms with Crippen LogP contribution in [0, 0.1) is 0 Å². The van der Waals surface area contributed by atoms with Gasteiger partial charge >= 0.3 is 5.97 Å². The average Bonchev–Trinajstić information content (AvgIpc) is 3.30. The maximum absolute atomic E-state index is 12.6. The summed E-state index contributed by atoms with van der Waals surface area (Å²) in [6, 6.07) is 11.4. The van der Waals surface area contributed by atoms with Gasteiger partial charge in [0.2, 0.25) is 6.79 Å². The summed E-state index contributed by atoms with van der Waals surface area (Å²) in [5.41, 5.74) is 1.62. The summed E-state index contributed by atoms with van der Waals surface area (Å²) in [5.74, 6) is 0.521. The van der Waals surface area contributed by atoms with Crippen molar-refractivity contribution in [1.29, 1.82) is 0 Å². The Kier molecular flexibility index (Phi) is 5.59. The van der Waals surface area contributed by atoms with Gasteiger partial charge in [-0.2, -0.15) is 4.99 Å². The van der Waals surface area contributed by atoms with Crippen LogP contribution in [0.25, 0.3) is 10.2 Å². The maximum Gasteiger partial charge on any atom is 0.325 e. The van der Waals surface area contributed by atoms with E-state index in [1.807, 2.05) is 36.6 Å². The number of benzene rings is 2. The summed E-state index contributed by atoms with van der Waals surface area (Å²) in [6.45, 7) is 0.110. The Morgan fingerprint density at radius 3 is 2.62 bits per heavy atom. The molecule has 0 fully saturated rings. The molecule has 9 heteroatoms. The molecule has 7 nitrogen and oxygen atoms in total. The van der Waals surface area contributed by atoms with Gasteiger partial charge in [0.1, 0.15) is 6.54 Å². The number of hydrogen-bond acceptors (Lipinski definition) is 7. The van der Waals surface area contributed by atoms with Crippen LogP contribution in [0.1, 0.15) is 5.56 Å². The van der Waals surface area contributed by atoms with Gasteiger partial charge in [-0.1, -0.05) is 23.5 Å². The molecule has 0 spiro atoms. The number of methoxy groups -OCH3 is 1. The van der Waals surface area contributed by atoms with Crippen molar-refractivity contribution in [2.24, 2.45) is 4.99 Å². The minimum atomic E-state index is -0.427. The lowest BCUT2D eigenvalue weighted by Gasteiger charge is -2.04. The van der Waals surface area contributed by atoms with Crippen LogP contribution in [-0.4, -0.2) is 36.6 Å². The van der Waals surface area contributed by atoms with Gasteiger partial charge in [0.25, 0.3) is 5.91 Å². The first kappa shape index (κ1) is 19.5. The summed E-state index contributed by atoms with van der Waals surface area (Å²) >= 11 is 2.96. The molecule has 0 unspecified atom stereocenters. The topological polar surface area (TPSA) is 79.1 Å². The van der Waals surface area contributed by atoms with Crippen molar-refractivity contribution in [3.8, 4) is 11.5 Å². The van der Waals surface area contributed by atoms with Crippen LogP contribution < -0.4 is 14.3 Å². The number of carbonyl (C=O) groups excluding carboxylic acids is 2. The third-order valence-electron chi connectivity index (χ3n) is 4.43. The molecular weight excluding hydrogens is 412 g/mol. The van der Waals surface area contributed by atoms with Crippen LogP contribution in [0.3, 0.4) is 0 Å². The fourth-order valence-corrected chi connectivity index (χ4v) is 4.42. The number of aromatic nitrogens is 1. The molecule has 0 saturated carbocycles. The van der Waals surface area contributed by atoms with Crippen LogP contribution in [0.2, 0.25) is 0 Å². The smallest absolute Gasteiger partial charge is 0.325 e. The molecule has 1 aliphatic rings. The van der Waals surface area contributed by atoms with Gasteiger partial charge in [0.05, 0.1) is 23.7 Å². The largest absolute Gasteiger partial charge is 0.468 e. The first-order valence-electron chi connectivity index (χ1n) is 8.77. The van der Waals surface area contributed by atoms with E-state index in [1.165, 1.54) is 18.4 Å². The second-order valence-corrected chi connectivity index (χ2v) is 8.14. The van der Waals surface area contributed by atoms with Crippen molar-refractivity contribution < 1.29 is 23.8 Å². The fourth-order valence-electron chi connectivity index (χ4n) is 2.96. The summed E-state index contributed by atoms with van der Waals surface area (Å²) < 4.78 is 18.2. The lowest BCUT2D eigenvalue weighted by Crippen LogP contribution is -2.22. The number of rotatable bonds is 5. The second kappa shape index (κ2) is 8.30. The SMILES string of the molecule is COC(=O)Cn1c(=NC(=O)Cc2ccc(SC)cc2)sc2cc3c(cc21)OCO3. The minimum Gasteiger partial charge on any atom is -0.468 e. The van der Waals surface area contributed by atoms with E-state index < -0.39 is 5.97 Å². The summed E-state index contributed by atoms with van der Waals surface area (Å²) in [7, 11) is 1.33. The van der Waals surface area contributed by atoms with Crippen LogP contribution in [-0.2, 0) is 27.3 Å². The highest BCUT2D eigenvalue weighted by atomic mass is 32.2. The first-order valence-corrected chi connectivity index (χ1v) is 10.8. The van der Waals surface area contributed by atoms with Crippen molar-refractivity contribution in [3.05, 3.63) is 46.8 Å². The van der Waals surface area contributed by atoms with Gasteiger partial charge in [0, 0.05) is 17.0 Å². The van der Waals surface area contributed by atoms with E-state index in [-0.39, 0.29) is 25.7 Å². The molecule has 2 heterocycles. The normalized spacial score (nSPS) is 13.1. The van der Waals surface area contributed by atoms with Gasteiger partial charge in [-0.05, 0) is 24.0 Å². The van der Waals surface area contributed by atoms with Gasteiger partial charge in [-0.3, -0.25) is 9.59 Å². The molecule has 1 aromatic heterocycles. The third-order valence-corrected chi connectivity index (χ3v) is 6.21. The van der Waals surface area contributed by atoms with Crippen LogP contribution >= 0.6 is 23.1 Å². The number of amides is 1. The quantitative estimate of drug-likeness (QED) is 0.457. The second-order valence-electron chi connectivity index (χ2n) is 6.25. The zero-order valence-corrected chi connectivity index (χ0v) is 17.5. The molecular formula is C20H18N2O5S2. The Morgan fingerprint density at radius 2 is 1.93 bits per heavy atom. The van der Waals surface area contributed by atoms with Crippen molar-refractivity contribution in [2.45, 2.75) is 17.9 Å². The van der Waals surface area contributed by atoms with Gasteiger partial charge < -0.3 is 18.8 Å². The highest BCUT2D eigenvalue weighted by Crippen LogP contribution is 2.37. The molecule has 2 aromatic carbocycles. The van der Waals surface area contributed by atoms with Gasteiger partial charge in [0.15, 0.2) is 16.3 Å². The Labute approximate surface area is 174 Å². The fraction of sp³-hybridized carbons (Fsp3) is 0.250. The zero-order chi connectivity index (χ0) is 20.4. The van der Waals surface area contributed by atoms with E-state index in [0.717, 1.165) is 20.7 Å². The van der Waals surface area contributed by atoms with E-state index in [0.29, 0.717) is 16.3 Å². The number of fused-ring (bicyclic) bond motifs is 2. The number of esters is 1. The molecule has 29 heavy (non-hydrogen) atoms. The van der Waals surface area contributed by atoms with Gasteiger partial charge in [-0.15, -0.1) is 11.8 Å². The number of carbonyl (C=O) groups is 2. The molecule has 150 valence electrons. The highest BCUT2D eigenvalue weighted by Gasteiger charge is 2.19. The van der Waals surface area contributed by atoms with Crippen LogP contribution in [0.5, 0.6) is 11.5 Å². The molecule has 4 rings (SSSR count). The zero-order valence-electron chi connectivity index (χ0n) is 15.8. The number of nitrogens with zero attached hydrogens (tertiary/aromatic N) is 2. The molecule has 0 aliphatic carbocycles. The molecule has 0 N–H and O–H groups in total. The highest BCUT2D eigenvalue weighted by molar-refractivity contribution is 7.98.